The Balaban J connectivity index is -0.000000448. The Morgan fingerprint density at radius 3 is 0.833 bits per heavy atom. The normalized spacial score (nSPS) is 10.4. The molecule has 0 aromatic heterocycles. The number of rotatable bonds is 12. The molecule has 0 saturated heterocycles. The summed E-state index contributed by atoms with van der Waals surface area (Å²) in [7, 11) is 4.09. The van der Waals surface area contributed by atoms with Gasteiger partial charge in [0.15, 0.2) is 0 Å². The number of hydrogen-bond acceptors (Lipinski definition) is 5. The first-order chi connectivity index (χ1) is 13.9. The van der Waals surface area contributed by atoms with Crippen molar-refractivity contribution in [2.45, 2.75) is 81.1 Å². The zero-order valence-electron chi connectivity index (χ0n) is 20.3. The molecule has 0 radical (unpaired) electrons. The third-order valence-corrected chi connectivity index (χ3v) is 5.45. The average Bonchev–Trinajstić information content (AvgIpc) is 2.62. The topological polar surface area (TPSA) is 6.48 Å². The Morgan fingerprint density at radius 2 is 0.733 bits per heavy atom. The summed E-state index contributed by atoms with van der Waals surface area (Å²) in [4.78, 5) is 4.31. The molecule has 8 heteroatoms. The van der Waals surface area contributed by atoms with Crippen LogP contribution in [-0.4, -0.2) is 44.6 Å². The molecule has 0 heterocycles. The first-order valence-electron chi connectivity index (χ1n) is 10.9. The molecule has 0 N–H and O–H groups in total. The molecular weight excluding hydrogens is 549 g/mol. The van der Waals surface area contributed by atoms with Crippen LogP contribution in [0.4, 0.5) is 0 Å². The number of hydrogen-bond donors (Lipinski definition) is 0. The zero-order chi connectivity index (χ0) is 24.3. The van der Waals surface area contributed by atoms with Crippen LogP contribution in [0.2, 0.25) is 0 Å². The molecule has 2 nitrogen and oxygen atoms in total. The summed E-state index contributed by atoms with van der Waals surface area (Å²) in [5.74, 6) is 2.89. The van der Waals surface area contributed by atoms with E-state index in [2.05, 4.69) is 75.0 Å². The van der Waals surface area contributed by atoms with Crippen LogP contribution in [-0.2, 0) is 43.3 Å². The molecule has 0 aromatic rings. The first-order valence-corrected chi connectivity index (χ1v) is 15.4. The predicted octanol–water partition coefficient (Wildman–Crippen LogP) is 7.07. The summed E-state index contributed by atoms with van der Waals surface area (Å²) >= 11 is 21.8. The van der Waals surface area contributed by atoms with Crippen molar-refractivity contribution in [3.63, 3.8) is 0 Å². The van der Waals surface area contributed by atoms with E-state index >= 15 is 0 Å². The van der Waals surface area contributed by atoms with E-state index in [4.69, 9.17) is 49.7 Å². The molecule has 0 aromatic carbocycles. The van der Waals surface area contributed by atoms with Gasteiger partial charge in [-0.15, -0.1) is 0 Å². The predicted molar refractivity (Wildman–Crippen MR) is 148 cm³/mol. The van der Waals surface area contributed by atoms with Crippen molar-refractivity contribution in [1.82, 2.24) is 9.80 Å². The second kappa shape index (κ2) is 23.3. The van der Waals surface area contributed by atoms with Gasteiger partial charge in [-0.1, -0.05) is 64.0 Å². The Labute approximate surface area is 225 Å². The summed E-state index contributed by atoms with van der Waals surface area (Å²) in [5.41, 5.74) is 0. The molecule has 0 aliphatic carbocycles. The Hall–Kier alpha value is 1.13. The van der Waals surface area contributed by atoms with Gasteiger partial charge >= 0.3 is 27.8 Å². The van der Waals surface area contributed by atoms with E-state index in [0.29, 0.717) is 8.64 Å². The number of thiocarbonyl (C=S) groups is 2. The number of nitrogens with zero attached hydrogens (tertiary/aromatic N) is 2. The van der Waals surface area contributed by atoms with E-state index in [1.54, 1.807) is 0 Å². The Morgan fingerprint density at radius 1 is 0.567 bits per heavy atom. The van der Waals surface area contributed by atoms with E-state index < -0.39 is 0 Å². The van der Waals surface area contributed by atoms with Gasteiger partial charge in [-0.05, 0) is 49.4 Å². The summed E-state index contributed by atoms with van der Waals surface area (Å²) < 4.78 is 1.26. The Kier molecular flexibility index (Phi) is 27.7. The van der Waals surface area contributed by atoms with Crippen LogP contribution in [0.5, 0.6) is 0 Å². The van der Waals surface area contributed by atoms with Gasteiger partial charge in [0, 0.05) is 26.2 Å². The van der Waals surface area contributed by atoms with Crippen molar-refractivity contribution in [1.29, 1.82) is 0 Å². The van der Waals surface area contributed by atoms with Gasteiger partial charge < -0.3 is 59.5 Å². The summed E-state index contributed by atoms with van der Waals surface area (Å²) in [5, 5.41) is 0. The van der Waals surface area contributed by atoms with Crippen molar-refractivity contribution in [2.75, 3.05) is 26.2 Å². The van der Waals surface area contributed by atoms with Gasteiger partial charge in [0.2, 0.25) is 0 Å². The summed E-state index contributed by atoms with van der Waals surface area (Å²) in [6.45, 7) is 21.9. The van der Waals surface area contributed by atoms with Gasteiger partial charge in [-0.25, -0.2) is 0 Å². The van der Waals surface area contributed by atoms with E-state index in [1.807, 2.05) is 0 Å². The minimum atomic E-state index is 0.631. The van der Waals surface area contributed by atoms with Gasteiger partial charge in [0.05, 0.1) is 0 Å². The van der Waals surface area contributed by atoms with E-state index in [9.17, 15) is 0 Å². The molecule has 0 aliphatic heterocycles. The van der Waals surface area contributed by atoms with Crippen molar-refractivity contribution >= 4 is 68.2 Å². The molecule has 0 saturated carbocycles. The van der Waals surface area contributed by atoms with E-state index in [1.165, 1.54) is 43.7 Å². The third-order valence-electron chi connectivity index (χ3n) is 4.42. The average molecular weight is 593 g/mol. The third kappa shape index (κ3) is 27.2. The van der Waals surface area contributed by atoms with Crippen LogP contribution >= 0.6 is 34.3 Å². The van der Waals surface area contributed by atoms with Crippen LogP contribution in [0, 0.1) is 23.7 Å². The summed E-state index contributed by atoms with van der Waals surface area (Å²) in [6.07, 6.45) is 4.70. The maximum atomic E-state index is 5.06. The van der Waals surface area contributed by atoms with Crippen LogP contribution in [0.25, 0.3) is 0 Å². The van der Waals surface area contributed by atoms with Gasteiger partial charge in [0.25, 0.3) is 0 Å². The molecule has 0 rings (SSSR count). The van der Waals surface area contributed by atoms with Crippen LogP contribution in [0.3, 0.4) is 0 Å². The molecule has 0 atom stereocenters. The monoisotopic (exact) mass is 594 g/mol. The van der Waals surface area contributed by atoms with E-state index in [0.717, 1.165) is 49.9 Å². The zero-order valence-corrected chi connectivity index (χ0v) is 26.4. The van der Waals surface area contributed by atoms with Crippen molar-refractivity contribution < 1.29 is 18.0 Å². The molecule has 0 amide bonds. The minimum absolute atomic E-state index is 0.631. The quantitative estimate of drug-likeness (QED) is 0.134. The summed E-state index contributed by atoms with van der Waals surface area (Å²) in [6, 6.07) is 0. The fourth-order valence-corrected chi connectivity index (χ4v) is 2.98. The van der Waals surface area contributed by atoms with Gasteiger partial charge in [-0.2, -0.15) is 0 Å². The van der Waals surface area contributed by atoms with Gasteiger partial charge in [-0.3, -0.25) is 0 Å². The van der Waals surface area contributed by atoms with Crippen LogP contribution in [0.15, 0.2) is 0 Å². The van der Waals surface area contributed by atoms with Crippen molar-refractivity contribution in [3.8, 4) is 0 Å². The molecule has 30 heavy (non-hydrogen) atoms. The molecule has 0 spiro atoms. The Bertz CT molecular complexity index is 370. The maximum absolute atomic E-state index is 5.06. The van der Waals surface area contributed by atoms with Crippen LogP contribution < -0.4 is 0 Å². The van der Waals surface area contributed by atoms with Crippen LogP contribution in [0.1, 0.15) is 81.1 Å². The van der Waals surface area contributed by atoms with Gasteiger partial charge in [0.1, 0.15) is 0 Å². The second-order valence-electron chi connectivity index (χ2n) is 9.24. The fourth-order valence-electron chi connectivity index (χ4n) is 2.24. The molecule has 0 aliphatic rings. The van der Waals surface area contributed by atoms with Crippen molar-refractivity contribution in [3.05, 3.63) is 0 Å². The van der Waals surface area contributed by atoms with E-state index in [-0.39, 0.29) is 0 Å². The molecule has 178 valence electrons. The SMILES string of the molecule is CC(C)CCN(CCC(C)C)C(=S)[S-].CC(C)CCN(CCC(C)C)C(=S)[S-].[S]=[Mo+2]. The molecule has 0 unspecified atom stereocenters. The molecule has 0 bridgehead atoms. The standard InChI is InChI=1S/2C11H23NS2.Mo.S/c2*1-9(2)5-7-12(11(13)14)8-6-10(3)4;;/h2*9-10H,5-8H2,1-4H3,(H,13,14);;/q;;+2;/p-2. The first kappa shape index (κ1) is 35.7. The molecule has 0 fully saturated rings. The molecular formula is C22H44MoN2S5. The second-order valence-corrected chi connectivity index (χ2v) is 11.3. The fraction of sp³-hybridized carbons (Fsp3) is 0.909. The van der Waals surface area contributed by atoms with Crippen molar-refractivity contribution in [2.24, 2.45) is 23.7 Å².